The summed E-state index contributed by atoms with van der Waals surface area (Å²) in [4.78, 5) is 22.2. The first-order valence-corrected chi connectivity index (χ1v) is 14.5. The summed E-state index contributed by atoms with van der Waals surface area (Å²) in [6, 6.07) is 6.08. The molecule has 4 aliphatic rings. The number of benzene rings is 1. The predicted octanol–water partition coefficient (Wildman–Crippen LogP) is 4.42. The number of hydrogen-bond acceptors (Lipinski definition) is 9. The Labute approximate surface area is 239 Å². The summed E-state index contributed by atoms with van der Waals surface area (Å²) in [5.74, 6) is -0.718. The maximum atomic E-state index is 16.5. The molecule has 2 unspecified atom stereocenters. The van der Waals surface area contributed by atoms with Gasteiger partial charge in [0, 0.05) is 37.6 Å². The summed E-state index contributed by atoms with van der Waals surface area (Å²) in [7, 11) is 0. The van der Waals surface area contributed by atoms with Crippen molar-refractivity contribution in [3.8, 4) is 17.4 Å². The number of alkyl halides is 1. The summed E-state index contributed by atoms with van der Waals surface area (Å²) < 4.78 is 58.2. The van der Waals surface area contributed by atoms with Gasteiger partial charge in [-0.15, -0.1) is 0 Å². The molecule has 2 bridgehead atoms. The molecule has 3 aromatic heterocycles. The lowest BCUT2D eigenvalue weighted by molar-refractivity contribution is 0.0302. The van der Waals surface area contributed by atoms with Crippen LogP contribution in [-0.2, 0) is 4.74 Å². The SMILES string of the molecule is Nc1cc2cccc(F)c2c(-c2ncc3c(N4CC5CCC(C4)O5)nc(OC[C@@]45CCCN4C[C@H](F)C5)nc3c2F)n1. The van der Waals surface area contributed by atoms with Gasteiger partial charge in [0.2, 0.25) is 0 Å². The third kappa shape index (κ3) is 4.14. The molecule has 218 valence electrons. The first-order chi connectivity index (χ1) is 20.4. The largest absolute Gasteiger partial charge is 0.461 e. The molecule has 4 aromatic rings. The van der Waals surface area contributed by atoms with E-state index in [1.165, 1.54) is 18.3 Å². The normalized spacial score (nSPS) is 27.3. The van der Waals surface area contributed by atoms with Crippen LogP contribution in [0.4, 0.5) is 24.8 Å². The Balaban J connectivity index is 1.26. The van der Waals surface area contributed by atoms with Gasteiger partial charge >= 0.3 is 6.01 Å². The number of morpholine rings is 1. The number of nitrogens with two attached hydrogens (primary N) is 1. The molecule has 7 heterocycles. The summed E-state index contributed by atoms with van der Waals surface area (Å²) in [6.45, 7) is 2.62. The quantitative estimate of drug-likeness (QED) is 0.369. The molecular weight excluding hydrogens is 547 g/mol. The maximum absolute atomic E-state index is 16.5. The molecule has 4 saturated heterocycles. The fourth-order valence-corrected chi connectivity index (χ4v) is 7.39. The lowest BCUT2D eigenvalue weighted by Crippen LogP contribution is -2.44. The molecule has 9 nitrogen and oxygen atoms in total. The highest BCUT2D eigenvalue weighted by molar-refractivity contribution is 5.98. The third-order valence-electron chi connectivity index (χ3n) is 9.27. The monoisotopic (exact) mass is 577 g/mol. The van der Waals surface area contributed by atoms with E-state index >= 15 is 8.78 Å². The lowest BCUT2D eigenvalue weighted by atomic mass is 9.95. The van der Waals surface area contributed by atoms with Crippen LogP contribution >= 0.6 is 0 Å². The standard InChI is InChI=1S/C30H30F3N7O2/c31-17-10-30(7-2-8-40(30)12-17)15-41-29-37-25-20(28(38-29)39-13-18-5-6-19(14-39)42-18)11-35-27(24(25)33)26-23-16(9-22(34)36-26)3-1-4-21(23)32/h1,3-4,9,11,17-19H,2,5-8,10,12-15H2,(H2,34,36)/t17-,18?,19?,30+/m1/s1. The first kappa shape index (κ1) is 25.9. The Kier molecular flexibility index (Phi) is 5.94. The van der Waals surface area contributed by atoms with Gasteiger partial charge in [-0.05, 0) is 49.7 Å². The van der Waals surface area contributed by atoms with E-state index in [4.69, 9.17) is 20.2 Å². The fraction of sp³-hybridized carbons (Fsp3) is 0.467. The van der Waals surface area contributed by atoms with E-state index in [-0.39, 0.29) is 52.9 Å². The van der Waals surface area contributed by atoms with Gasteiger partial charge in [-0.1, -0.05) is 12.1 Å². The molecule has 4 atom stereocenters. The fourth-order valence-electron chi connectivity index (χ4n) is 7.39. The Morgan fingerprint density at radius 1 is 1.07 bits per heavy atom. The molecule has 0 spiro atoms. The van der Waals surface area contributed by atoms with Crippen molar-refractivity contribution in [3.05, 3.63) is 42.1 Å². The average molecular weight is 578 g/mol. The predicted molar refractivity (Wildman–Crippen MR) is 151 cm³/mol. The van der Waals surface area contributed by atoms with Gasteiger partial charge in [-0.2, -0.15) is 9.97 Å². The summed E-state index contributed by atoms with van der Waals surface area (Å²) in [5, 5.41) is 1.01. The number of nitrogens with zero attached hydrogens (tertiary/aromatic N) is 6. The Morgan fingerprint density at radius 3 is 2.74 bits per heavy atom. The molecular formula is C30H30F3N7O2. The van der Waals surface area contributed by atoms with Crippen LogP contribution in [0.1, 0.15) is 32.1 Å². The second kappa shape index (κ2) is 9.63. The van der Waals surface area contributed by atoms with E-state index in [1.54, 1.807) is 12.1 Å². The minimum absolute atomic E-state index is 0.00465. The summed E-state index contributed by atoms with van der Waals surface area (Å²) >= 11 is 0. The zero-order valence-corrected chi connectivity index (χ0v) is 22.9. The van der Waals surface area contributed by atoms with Gasteiger partial charge in [0.15, 0.2) is 5.82 Å². The third-order valence-corrected chi connectivity index (χ3v) is 9.27. The van der Waals surface area contributed by atoms with Gasteiger partial charge < -0.3 is 20.1 Å². The molecule has 0 amide bonds. The maximum Gasteiger partial charge on any atom is 0.319 e. The van der Waals surface area contributed by atoms with E-state index in [1.807, 2.05) is 0 Å². The van der Waals surface area contributed by atoms with Gasteiger partial charge in [-0.3, -0.25) is 9.88 Å². The Morgan fingerprint density at radius 2 is 1.90 bits per heavy atom. The Hall–Kier alpha value is -3.77. The number of rotatable bonds is 5. The average Bonchev–Trinajstić information content (AvgIpc) is 3.61. The van der Waals surface area contributed by atoms with Crippen LogP contribution in [0.3, 0.4) is 0 Å². The number of nitrogen functional groups attached to an aromatic ring is 1. The molecule has 4 aliphatic heterocycles. The molecule has 42 heavy (non-hydrogen) atoms. The van der Waals surface area contributed by atoms with Gasteiger partial charge in [-0.25, -0.2) is 18.2 Å². The van der Waals surface area contributed by atoms with Crippen molar-refractivity contribution in [2.75, 3.05) is 43.4 Å². The van der Waals surface area contributed by atoms with Crippen LogP contribution in [0.15, 0.2) is 30.5 Å². The summed E-state index contributed by atoms with van der Waals surface area (Å²) in [6.07, 6.45) is 4.81. The number of anilines is 2. The molecule has 8 rings (SSSR count). The first-order valence-electron chi connectivity index (χ1n) is 14.5. The van der Waals surface area contributed by atoms with Crippen molar-refractivity contribution in [2.45, 2.75) is 56.0 Å². The van der Waals surface area contributed by atoms with Crippen LogP contribution in [-0.4, -0.2) is 81.5 Å². The van der Waals surface area contributed by atoms with Crippen molar-refractivity contribution >= 4 is 33.3 Å². The molecule has 4 fully saturated rings. The number of halogens is 3. The van der Waals surface area contributed by atoms with Gasteiger partial charge in [0.05, 0.1) is 23.1 Å². The van der Waals surface area contributed by atoms with Gasteiger partial charge in [0.1, 0.15) is 47.1 Å². The topological polar surface area (TPSA) is 103 Å². The van der Waals surface area contributed by atoms with Crippen molar-refractivity contribution in [3.63, 3.8) is 0 Å². The minimum atomic E-state index is -0.905. The number of ether oxygens (including phenoxy) is 2. The Bertz CT molecular complexity index is 1710. The van der Waals surface area contributed by atoms with E-state index in [0.717, 1.165) is 32.2 Å². The molecule has 12 heteroatoms. The number of fused-ring (bicyclic) bond motifs is 5. The zero-order valence-electron chi connectivity index (χ0n) is 22.9. The highest BCUT2D eigenvalue weighted by atomic mass is 19.1. The van der Waals surface area contributed by atoms with Crippen LogP contribution in [0, 0.1) is 11.6 Å². The van der Waals surface area contributed by atoms with Crippen molar-refractivity contribution in [2.24, 2.45) is 0 Å². The smallest absolute Gasteiger partial charge is 0.319 e. The van der Waals surface area contributed by atoms with Crippen molar-refractivity contribution in [1.82, 2.24) is 24.8 Å². The van der Waals surface area contributed by atoms with E-state index in [0.29, 0.717) is 42.6 Å². The highest BCUT2D eigenvalue weighted by Crippen LogP contribution is 2.41. The number of pyridine rings is 2. The lowest BCUT2D eigenvalue weighted by Gasteiger charge is -2.34. The van der Waals surface area contributed by atoms with E-state index in [2.05, 4.69) is 24.8 Å². The van der Waals surface area contributed by atoms with Crippen molar-refractivity contribution < 1.29 is 22.6 Å². The van der Waals surface area contributed by atoms with Crippen LogP contribution in [0.2, 0.25) is 0 Å². The number of aromatic nitrogens is 4. The summed E-state index contributed by atoms with van der Waals surface area (Å²) in [5.41, 5.74) is 5.42. The zero-order chi connectivity index (χ0) is 28.6. The van der Waals surface area contributed by atoms with E-state index in [9.17, 15) is 4.39 Å². The van der Waals surface area contributed by atoms with Crippen molar-refractivity contribution in [1.29, 1.82) is 0 Å². The minimum Gasteiger partial charge on any atom is -0.461 e. The molecule has 0 saturated carbocycles. The van der Waals surface area contributed by atoms with Crippen LogP contribution < -0.4 is 15.4 Å². The molecule has 0 radical (unpaired) electrons. The van der Waals surface area contributed by atoms with E-state index < -0.39 is 23.3 Å². The van der Waals surface area contributed by atoms with Crippen LogP contribution in [0.25, 0.3) is 33.1 Å². The molecule has 2 N–H and O–H groups in total. The van der Waals surface area contributed by atoms with Gasteiger partial charge in [0.25, 0.3) is 0 Å². The molecule has 1 aromatic carbocycles. The second-order valence-corrected chi connectivity index (χ2v) is 12.0. The highest BCUT2D eigenvalue weighted by Gasteiger charge is 2.49. The van der Waals surface area contributed by atoms with Crippen LogP contribution in [0.5, 0.6) is 6.01 Å². The molecule has 0 aliphatic carbocycles. The second-order valence-electron chi connectivity index (χ2n) is 12.0. The number of hydrogen-bond donors (Lipinski definition) is 1.